The Morgan fingerprint density at radius 1 is 0.719 bits per heavy atom. The highest BCUT2D eigenvalue weighted by molar-refractivity contribution is 5.80. The Bertz CT molecular complexity index is 1140. The van der Waals surface area contributed by atoms with E-state index in [-0.39, 0.29) is 23.0 Å². The van der Waals surface area contributed by atoms with Gasteiger partial charge in [-0.2, -0.15) is 13.2 Å². The van der Waals surface area contributed by atoms with Gasteiger partial charge in [-0.1, -0.05) is 48.5 Å². The fourth-order valence-electron chi connectivity index (χ4n) is 3.09. The van der Waals surface area contributed by atoms with Crippen LogP contribution in [-0.4, -0.2) is 9.97 Å². The van der Waals surface area contributed by atoms with Crippen molar-refractivity contribution in [2.75, 3.05) is 21.5 Å². The predicted molar refractivity (Wildman–Crippen MR) is 120 cm³/mol. The van der Waals surface area contributed by atoms with Crippen LogP contribution in [0.4, 0.5) is 47.6 Å². The number of benzene rings is 3. The van der Waals surface area contributed by atoms with Crippen molar-refractivity contribution in [3.05, 3.63) is 96.8 Å². The maximum Gasteiger partial charge on any atom is 0.418 e. The molecule has 0 bridgehead atoms. The molecule has 32 heavy (non-hydrogen) atoms. The molecule has 0 fully saturated rings. The first kappa shape index (κ1) is 21.0. The van der Waals surface area contributed by atoms with Crippen LogP contribution in [0.15, 0.2) is 91.3 Å². The molecule has 4 rings (SSSR count). The van der Waals surface area contributed by atoms with E-state index in [1.807, 2.05) is 60.7 Å². The lowest BCUT2D eigenvalue weighted by Gasteiger charge is -2.27. The van der Waals surface area contributed by atoms with E-state index in [4.69, 9.17) is 5.73 Å². The summed E-state index contributed by atoms with van der Waals surface area (Å²) in [5, 5.41) is 4.46. The second kappa shape index (κ2) is 8.84. The quantitative estimate of drug-likeness (QED) is 0.323. The van der Waals surface area contributed by atoms with Crippen LogP contribution < -0.4 is 21.5 Å². The van der Waals surface area contributed by atoms with Crippen molar-refractivity contribution in [1.82, 2.24) is 9.97 Å². The van der Waals surface area contributed by atoms with Crippen molar-refractivity contribution in [3.8, 4) is 0 Å². The first-order chi connectivity index (χ1) is 15.4. The summed E-state index contributed by atoms with van der Waals surface area (Å²) in [5.41, 5.74) is 10.1. The summed E-state index contributed by atoms with van der Waals surface area (Å²) in [5.74, 6) is 0.292. The predicted octanol–water partition coefficient (Wildman–Crippen LogP) is 5.99. The molecule has 6 nitrogen and oxygen atoms in total. The molecule has 4 aromatic rings. The Balaban J connectivity index is 1.68. The molecule has 3 aromatic carbocycles. The van der Waals surface area contributed by atoms with E-state index in [0.29, 0.717) is 0 Å². The molecule has 4 N–H and O–H groups in total. The molecule has 9 heteroatoms. The van der Waals surface area contributed by atoms with Gasteiger partial charge < -0.3 is 11.1 Å². The lowest BCUT2D eigenvalue weighted by atomic mass is 10.1. The molecule has 0 aliphatic heterocycles. The van der Waals surface area contributed by atoms with Crippen molar-refractivity contribution < 1.29 is 13.2 Å². The molecular weight excluding hydrogens is 417 g/mol. The number of hydrogen-bond donors (Lipinski definition) is 3. The standard InChI is InChI=1S/C23H19F3N6/c24-23(25,26)18-13-7-8-14-19(18)30-21-20(27)22(29-15-28-21)31-32(16-9-3-1-4-10-16)17-11-5-2-6-12-17/h1-15H,27H2,(H2,28,29,30,31). The van der Waals surface area contributed by atoms with E-state index in [1.54, 1.807) is 5.01 Å². The van der Waals surface area contributed by atoms with Gasteiger partial charge in [0.1, 0.15) is 12.0 Å². The van der Waals surface area contributed by atoms with E-state index >= 15 is 0 Å². The number of anilines is 6. The van der Waals surface area contributed by atoms with Crippen LogP contribution in [0.1, 0.15) is 5.56 Å². The van der Waals surface area contributed by atoms with Crippen LogP contribution in [0, 0.1) is 0 Å². The number of nitrogen functional groups attached to an aromatic ring is 1. The molecule has 162 valence electrons. The smallest absolute Gasteiger partial charge is 0.393 e. The highest BCUT2D eigenvalue weighted by Gasteiger charge is 2.33. The summed E-state index contributed by atoms with van der Waals surface area (Å²) in [7, 11) is 0. The van der Waals surface area contributed by atoms with E-state index in [9.17, 15) is 13.2 Å². The Morgan fingerprint density at radius 2 is 1.25 bits per heavy atom. The molecule has 1 aromatic heterocycles. The second-order valence-electron chi connectivity index (χ2n) is 6.77. The number of alkyl halides is 3. The third kappa shape index (κ3) is 4.56. The number of nitrogens with one attached hydrogen (secondary N) is 2. The van der Waals surface area contributed by atoms with Gasteiger partial charge in [0.15, 0.2) is 11.6 Å². The highest BCUT2D eigenvalue weighted by atomic mass is 19.4. The lowest BCUT2D eigenvalue weighted by molar-refractivity contribution is -0.136. The van der Waals surface area contributed by atoms with E-state index in [0.717, 1.165) is 17.4 Å². The molecular formula is C23H19F3N6. The van der Waals surface area contributed by atoms with Gasteiger partial charge in [0, 0.05) is 0 Å². The average molecular weight is 436 g/mol. The number of hydrogen-bond acceptors (Lipinski definition) is 6. The van der Waals surface area contributed by atoms with Crippen LogP contribution in [0.2, 0.25) is 0 Å². The monoisotopic (exact) mass is 436 g/mol. The molecule has 0 saturated heterocycles. The fraction of sp³-hybridized carbons (Fsp3) is 0.0435. The highest BCUT2D eigenvalue weighted by Crippen LogP contribution is 2.37. The molecule has 1 heterocycles. The summed E-state index contributed by atoms with van der Waals surface area (Å²) in [6, 6.07) is 24.1. The van der Waals surface area contributed by atoms with E-state index < -0.39 is 11.7 Å². The van der Waals surface area contributed by atoms with Gasteiger partial charge in [0.25, 0.3) is 0 Å². The molecule has 0 spiro atoms. The Kier molecular flexibility index (Phi) is 5.80. The summed E-state index contributed by atoms with van der Waals surface area (Å²) in [6.45, 7) is 0. The second-order valence-corrected chi connectivity index (χ2v) is 6.77. The number of hydrazine groups is 1. The zero-order valence-electron chi connectivity index (χ0n) is 16.7. The zero-order valence-corrected chi connectivity index (χ0v) is 16.7. The molecule has 0 atom stereocenters. The number of aromatic nitrogens is 2. The van der Waals surface area contributed by atoms with Crippen LogP contribution >= 0.6 is 0 Å². The molecule has 0 saturated carbocycles. The fourth-order valence-corrected chi connectivity index (χ4v) is 3.09. The van der Waals surface area contributed by atoms with Gasteiger partial charge in [0.05, 0.1) is 22.6 Å². The molecule has 0 aliphatic carbocycles. The van der Waals surface area contributed by atoms with Crippen LogP contribution in [-0.2, 0) is 6.18 Å². The van der Waals surface area contributed by atoms with Crippen molar-refractivity contribution in [2.45, 2.75) is 6.18 Å². The normalized spacial score (nSPS) is 11.1. The number of rotatable bonds is 6. The lowest BCUT2D eigenvalue weighted by Crippen LogP contribution is -2.26. The Labute approximate surface area is 182 Å². The maximum absolute atomic E-state index is 13.4. The number of halogens is 3. The van der Waals surface area contributed by atoms with Gasteiger partial charge in [-0.25, -0.2) is 9.97 Å². The van der Waals surface area contributed by atoms with Crippen LogP contribution in [0.25, 0.3) is 0 Å². The summed E-state index contributed by atoms with van der Waals surface area (Å²) in [6.07, 6.45) is -3.30. The minimum absolute atomic E-state index is 0.0558. The number of nitrogens with two attached hydrogens (primary N) is 1. The maximum atomic E-state index is 13.4. The van der Waals surface area contributed by atoms with Crippen molar-refractivity contribution in [2.24, 2.45) is 0 Å². The number of para-hydroxylation sites is 3. The molecule has 0 radical (unpaired) electrons. The van der Waals surface area contributed by atoms with Crippen LogP contribution in [0.3, 0.4) is 0 Å². The van der Waals surface area contributed by atoms with Gasteiger partial charge >= 0.3 is 6.18 Å². The summed E-state index contributed by atoms with van der Waals surface area (Å²) < 4.78 is 40.1. The minimum Gasteiger partial charge on any atom is -0.393 e. The zero-order chi connectivity index (χ0) is 22.6. The molecule has 0 unspecified atom stereocenters. The minimum atomic E-state index is -4.52. The third-order valence-electron chi connectivity index (χ3n) is 4.62. The largest absolute Gasteiger partial charge is 0.418 e. The molecule has 0 aliphatic rings. The van der Waals surface area contributed by atoms with Gasteiger partial charge in [-0.15, -0.1) is 0 Å². The third-order valence-corrected chi connectivity index (χ3v) is 4.62. The van der Waals surface area contributed by atoms with Crippen molar-refractivity contribution in [3.63, 3.8) is 0 Å². The van der Waals surface area contributed by atoms with E-state index in [2.05, 4.69) is 20.7 Å². The van der Waals surface area contributed by atoms with Crippen molar-refractivity contribution in [1.29, 1.82) is 0 Å². The average Bonchev–Trinajstić information content (AvgIpc) is 2.80. The SMILES string of the molecule is Nc1c(Nc2ccccc2C(F)(F)F)ncnc1NN(c1ccccc1)c1ccccc1. The first-order valence-electron chi connectivity index (χ1n) is 9.64. The van der Waals surface area contributed by atoms with Crippen LogP contribution in [0.5, 0.6) is 0 Å². The van der Waals surface area contributed by atoms with Gasteiger partial charge in [0.2, 0.25) is 0 Å². The summed E-state index contributed by atoms with van der Waals surface area (Å²) >= 11 is 0. The van der Waals surface area contributed by atoms with Gasteiger partial charge in [-0.05, 0) is 36.4 Å². The Morgan fingerprint density at radius 3 is 1.84 bits per heavy atom. The number of nitrogens with zero attached hydrogens (tertiary/aromatic N) is 3. The van der Waals surface area contributed by atoms with E-state index in [1.165, 1.54) is 24.5 Å². The first-order valence-corrected chi connectivity index (χ1v) is 9.64. The topological polar surface area (TPSA) is 79.1 Å². The summed E-state index contributed by atoms with van der Waals surface area (Å²) in [4.78, 5) is 8.23. The van der Waals surface area contributed by atoms with Gasteiger partial charge in [-0.3, -0.25) is 10.4 Å². The molecule has 0 amide bonds. The van der Waals surface area contributed by atoms with Crippen molar-refractivity contribution >= 4 is 34.4 Å². The Hall–Kier alpha value is -4.27.